The lowest BCUT2D eigenvalue weighted by Crippen LogP contribution is -2.20. The van der Waals surface area contributed by atoms with Crippen LogP contribution in [0.2, 0.25) is 0 Å². The fourth-order valence-electron chi connectivity index (χ4n) is 3.61. The van der Waals surface area contributed by atoms with Gasteiger partial charge in [-0.25, -0.2) is 4.79 Å². The molecule has 2 aromatic rings. The number of aliphatic imine (C=N–C) groups is 1. The summed E-state index contributed by atoms with van der Waals surface area (Å²) in [6.07, 6.45) is 0.352. The van der Waals surface area contributed by atoms with Gasteiger partial charge in [-0.3, -0.25) is 9.79 Å². The average molecular weight is 380 g/mol. The number of hydrogen-bond acceptors (Lipinski definition) is 5. The van der Waals surface area contributed by atoms with E-state index in [-0.39, 0.29) is 11.4 Å². The zero-order valence-corrected chi connectivity index (χ0v) is 17.0. The van der Waals surface area contributed by atoms with Gasteiger partial charge in [-0.1, -0.05) is 6.07 Å². The van der Waals surface area contributed by atoms with Gasteiger partial charge >= 0.3 is 5.97 Å². The van der Waals surface area contributed by atoms with E-state index in [1.54, 1.807) is 14.0 Å². The number of rotatable bonds is 5. The van der Waals surface area contributed by atoms with Crippen molar-refractivity contribution in [3.63, 3.8) is 0 Å². The second-order valence-electron chi connectivity index (χ2n) is 6.92. The number of benzene rings is 1. The summed E-state index contributed by atoms with van der Waals surface area (Å²) < 4.78 is 12.4. The van der Waals surface area contributed by atoms with Crippen molar-refractivity contribution in [1.82, 2.24) is 4.57 Å². The highest BCUT2D eigenvalue weighted by atomic mass is 16.5. The van der Waals surface area contributed by atoms with Crippen LogP contribution in [0.5, 0.6) is 5.75 Å². The first-order valence-electron chi connectivity index (χ1n) is 9.02. The number of hydrogen-bond donors (Lipinski definition) is 0. The smallest absolute Gasteiger partial charge is 0.343 e. The average Bonchev–Trinajstić information content (AvgIpc) is 3.09. The van der Waals surface area contributed by atoms with Crippen LogP contribution in [0.3, 0.4) is 0 Å². The highest BCUT2D eigenvalue weighted by Crippen LogP contribution is 2.30. The summed E-state index contributed by atoms with van der Waals surface area (Å²) in [6, 6.07) is 8.07. The van der Waals surface area contributed by atoms with Gasteiger partial charge in [0.1, 0.15) is 11.3 Å². The molecule has 1 aromatic carbocycles. The topological polar surface area (TPSA) is 69.9 Å². The van der Waals surface area contributed by atoms with Crippen molar-refractivity contribution in [1.29, 1.82) is 0 Å². The molecule has 0 saturated heterocycles. The van der Waals surface area contributed by atoms with Crippen LogP contribution in [-0.2, 0) is 20.7 Å². The van der Waals surface area contributed by atoms with Gasteiger partial charge in [-0.05, 0) is 57.0 Å². The van der Waals surface area contributed by atoms with Crippen molar-refractivity contribution in [2.45, 2.75) is 34.1 Å². The Morgan fingerprint density at radius 1 is 1.11 bits per heavy atom. The number of nitrogens with zero attached hydrogens (tertiary/aromatic N) is 2. The number of aryl methyl sites for hydroxylation is 2. The van der Waals surface area contributed by atoms with Crippen LogP contribution in [0, 0.1) is 20.8 Å². The summed E-state index contributed by atoms with van der Waals surface area (Å²) >= 11 is 0. The molecule has 0 bridgehead atoms. The Labute approximate surface area is 164 Å². The molecule has 0 fully saturated rings. The third kappa shape index (κ3) is 3.26. The van der Waals surface area contributed by atoms with Crippen molar-refractivity contribution in [3.8, 4) is 11.4 Å². The molecule has 3 rings (SSSR count). The Hall–Kier alpha value is -3.15. The molecule has 1 aliphatic heterocycles. The Bertz CT molecular complexity index is 1040. The van der Waals surface area contributed by atoms with Gasteiger partial charge in [0.15, 0.2) is 0 Å². The Morgan fingerprint density at radius 3 is 2.46 bits per heavy atom. The second-order valence-corrected chi connectivity index (χ2v) is 6.92. The fraction of sp³-hybridized carbons (Fsp3) is 0.318. The van der Waals surface area contributed by atoms with E-state index < -0.39 is 5.97 Å². The minimum Gasteiger partial charge on any atom is -0.495 e. The molecule has 1 aliphatic rings. The number of ketones is 1. The molecule has 2 heterocycles. The second kappa shape index (κ2) is 7.46. The molecule has 0 N–H and O–H groups in total. The molecule has 1 aromatic heterocycles. The van der Waals surface area contributed by atoms with Gasteiger partial charge in [-0.15, -0.1) is 0 Å². The van der Waals surface area contributed by atoms with E-state index in [1.165, 1.54) is 7.11 Å². The maximum Gasteiger partial charge on any atom is 0.343 e. The maximum absolute atomic E-state index is 12.6. The molecule has 146 valence electrons. The third-order valence-corrected chi connectivity index (χ3v) is 5.01. The predicted molar refractivity (Wildman–Crippen MR) is 107 cm³/mol. The lowest BCUT2D eigenvalue weighted by Gasteiger charge is -2.15. The summed E-state index contributed by atoms with van der Waals surface area (Å²) in [4.78, 5) is 28.8. The normalized spacial score (nSPS) is 13.8. The zero-order valence-electron chi connectivity index (χ0n) is 17.0. The number of Topliss-reactive ketones (excluding diaryl/α,β-unsaturated/α-hetero) is 1. The van der Waals surface area contributed by atoms with Crippen LogP contribution in [0.25, 0.3) is 5.69 Å². The highest BCUT2D eigenvalue weighted by Gasteiger charge is 2.32. The van der Waals surface area contributed by atoms with Gasteiger partial charge in [0, 0.05) is 17.8 Å². The molecule has 0 radical (unpaired) electrons. The molecule has 6 nitrogen and oxygen atoms in total. The van der Waals surface area contributed by atoms with Crippen LogP contribution < -0.4 is 4.74 Å². The van der Waals surface area contributed by atoms with Crippen molar-refractivity contribution in [3.05, 3.63) is 58.1 Å². The summed E-state index contributed by atoms with van der Waals surface area (Å²) in [5.74, 6) is -0.225. The number of methoxy groups -OCH3 is 2. The molecule has 0 unspecified atom stereocenters. The Balaban J connectivity index is 1.97. The SMILES string of the molecule is COC(=O)C1=C(C)N=C(Cc2cc(C)n(-c3cc(C)ccc3OC)c2C)C1=O. The van der Waals surface area contributed by atoms with E-state index in [4.69, 9.17) is 9.47 Å². The summed E-state index contributed by atoms with van der Waals surface area (Å²) in [5, 5.41) is 0. The van der Waals surface area contributed by atoms with Gasteiger partial charge in [0.2, 0.25) is 5.78 Å². The molecule has 0 aliphatic carbocycles. The van der Waals surface area contributed by atoms with E-state index >= 15 is 0 Å². The molecular formula is C22H24N2O4. The molecule has 6 heteroatoms. The first-order chi connectivity index (χ1) is 13.3. The van der Waals surface area contributed by atoms with E-state index in [0.717, 1.165) is 34.0 Å². The minimum absolute atomic E-state index is 0.0201. The van der Waals surface area contributed by atoms with Crippen LogP contribution in [0.4, 0.5) is 0 Å². The van der Waals surface area contributed by atoms with Crippen molar-refractivity contribution < 1.29 is 19.1 Å². The van der Waals surface area contributed by atoms with E-state index in [0.29, 0.717) is 17.8 Å². The molecule has 28 heavy (non-hydrogen) atoms. The summed E-state index contributed by atoms with van der Waals surface area (Å²) in [6.45, 7) is 7.70. The first kappa shape index (κ1) is 19.6. The number of allylic oxidation sites excluding steroid dienone is 1. The minimum atomic E-state index is -0.642. The number of carbonyl (C=O) groups excluding carboxylic acids is 2. The molecule has 0 atom stereocenters. The molecule has 0 spiro atoms. The van der Waals surface area contributed by atoms with Gasteiger partial charge in [0.25, 0.3) is 0 Å². The van der Waals surface area contributed by atoms with Crippen LogP contribution in [-0.4, -0.2) is 36.3 Å². The third-order valence-electron chi connectivity index (χ3n) is 5.01. The van der Waals surface area contributed by atoms with Gasteiger partial charge in [-0.2, -0.15) is 0 Å². The molecule has 0 saturated carbocycles. The van der Waals surface area contributed by atoms with Gasteiger partial charge in [0.05, 0.1) is 31.3 Å². The molecular weight excluding hydrogens is 356 g/mol. The summed E-state index contributed by atoms with van der Waals surface area (Å²) in [7, 11) is 2.91. The zero-order chi connectivity index (χ0) is 20.6. The van der Waals surface area contributed by atoms with E-state index in [1.807, 2.05) is 39.0 Å². The maximum atomic E-state index is 12.6. The number of aromatic nitrogens is 1. The van der Waals surface area contributed by atoms with Crippen LogP contribution >= 0.6 is 0 Å². The fourth-order valence-corrected chi connectivity index (χ4v) is 3.61. The van der Waals surface area contributed by atoms with Crippen LogP contribution in [0.1, 0.15) is 29.4 Å². The quantitative estimate of drug-likeness (QED) is 0.589. The van der Waals surface area contributed by atoms with Crippen LogP contribution in [0.15, 0.2) is 40.5 Å². The van der Waals surface area contributed by atoms with Gasteiger partial charge < -0.3 is 14.0 Å². The Morgan fingerprint density at radius 2 is 1.82 bits per heavy atom. The molecule has 0 amide bonds. The predicted octanol–water partition coefficient (Wildman–Crippen LogP) is 3.42. The largest absolute Gasteiger partial charge is 0.495 e. The number of ether oxygens (including phenoxy) is 2. The van der Waals surface area contributed by atoms with E-state index in [2.05, 4.69) is 15.6 Å². The van der Waals surface area contributed by atoms with Crippen molar-refractivity contribution >= 4 is 17.5 Å². The van der Waals surface area contributed by atoms with Crippen molar-refractivity contribution in [2.24, 2.45) is 4.99 Å². The lowest BCUT2D eigenvalue weighted by molar-refractivity contribution is -0.137. The van der Waals surface area contributed by atoms with Crippen molar-refractivity contribution in [2.75, 3.05) is 14.2 Å². The van der Waals surface area contributed by atoms with E-state index in [9.17, 15) is 9.59 Å². The first-order valence-corrected chi connectivity index (χ1v) is 9.02. The standard InChI is InChI=1S/C22H24N2O4/c1-12-7-8-19(27-5)18(9-12)24-13(2)10-16(15(24)4)11-17-21(25)20(14(3)23-17)22(26)28-6/h7-10H,11H2,1-6H3. The number of carbonyl (C=O) groups is 2. The lowest BCUT2D eigenvalue weighted by atomic mass is 10.0. The monoisotopic (exact) mass is 380 g/mol. The highest BCUT2D eigenvalue weighted by molar-refractivity contribution is 6.53. The summed E-state index contributed by atoms with van der Waals surface area (Å²) in [5.41, 5.74) is 5.87. The number of esters is 1. The Kier molecular flexibility index (Phi) is 5.23.